The molecule has 0 unspecified atom stereocenters. The van der Waals surface area contributed by atoms with E-state index in [0.717, 1.165) is 15.6 Å². The number of carbonyl (C=O) groups excluding carboxylic acids is 2. The van der Waals surface area contributed by atoms with Crippen molar-refractivity contribution < 1.29 is 14.3 Å². The highest BCUT2D eigenvalue weighted by Crippen LogP contribution is 2.28. The van der Waals surface area contributed by atoms with Gasteiger partial charge in [-0.2, -0.15) is 0 Å². The molecule has 0 spiro atoms. The molecule has 0 saturated carbocycles. The van der Waals surface area contributed by atoms with E-state index in [-0.39, 0.29) is 25.0 Å². The molecular formula is C23H27BrCl2N2O3. The van der Waals surface area contributed by atoms with Crippen LogP contribution in [0.15, 0.2) is 34.8 Å². The standard InChI is InChI=1S/C23H27BrCl2N2O3/c1-5-20(23(30)27-6-2)28(12-17-18(25)8-7-9-19(17)26)21(29)13-31-16-10-14(3)22(24)15(4)11-16/h7-11,20H,5-6,12-13H2,1-4H3,(H,27,30)/t20-/m0/s1. The Bertz CT molecular complexity index is 909. The second kappa shape index (κ2) is 11.7. The SMILES string of the molecule is CCNC(=O)[C@H](CC)N(Cc1c(Cl)cccc1Cl)C(=O)COc1cc(C)c(Br)c(C)c1. The average molecular weight is 530 g/mol. The zero-order chi connectivity index (χ0) is 23.1. The summed E-state index contributed by atoms with van der Waals surface area (Å²) >= 11 is 16.2. The first-order valence-corrected chi connectivity index (χ1v) is 11.6. The van der Waals surface area contributed by atoms with E-state index >= 15 is 0 Å². The van der Waals surface area contributed by atoms with E-state index in [0.29, 0.717) is 34.3 Å². The Morgan fingerprint density at radius 3 is 2.23 bits per heavy atom. The molecule has 0 saturated heterocycles. The molecule has 0 heterocycles. The van der Waals surface area contributed by atoms with Gasteiger partial charge in [-0.25, -0.2) is 0 Å². The third-order valence-electron chi connectivity index (χ3n) is 4.90. The first-order chi connectivity index (χ1) is 14.7. The van der Waals surface area contributed by atoms with E-state index in [1.54, 1.807) is 18.2 Å². The van der Waals surface area contributed by atoms with Crippen molar-refractivity contribution in [3.05, 3.63) is 61.5 Å². The van der Waals surface area contributed by atoms with Crippen LogP contribution in [0.3, 0.4) is 0 Å². The molecule has 2 aromatic carbocycles. The van der Waals surface area contributed by atoms with Crippen LogP contribution in [0.25, 0.3) is 0 Å². The number of ether oxygens (including phenoxy) is 1. The number of rotatable bonds is 9. The molecule has 8 heteroatoms. The molecule has 0 bridgehead atoms. The number of hydrogen-bond acceptors (Lipinski definition) is 3. The Kier molecular flexibility index (Phi) is 9.66. The number of likely N-dealkylation sites (N-methyl/N-ethyl adjacent to an activating group) is 1. The number of amides is 2. The summed E-state index contributed by atoms with van der Waals surface area (Å²) in [6.45, 7) is 7.98. The smallest absolute Gasteiger partial charge is 0.261 e. The first-order valence-electron chi connectivity index (χ1n) is 10.1. The molecule has 2 aromatic rings. The molecule has 0 aliphatic carbocycles. The molecule has 31 heavy (non-hydrogen) atoms. The van der Waals surface area contributed by atoms with E-state index in [1.165, 1.54) is 4.90 Å². The van der Waals surface area contributed by atoms with Gasteiger partial charge in [-0.3, -0.25) is 9.59 Å². The van der Waals surface area contributed by atoms with Crippen LogP contribution in [-0.4, -0.2) is 35.9 Å². The maximum absolute atomic E-state index is 13.2. The highest BCUT2D eigenvalue weighted by molar-refractivity contribution is 9.10. The van der Waals surface area contributed by atoms with Crippen LogP contribution in [0.4, 0.5) is 0 Å². The van der Waals surface area contributed by atoms with Gasteiger partial charge in [0.25, 0.3) is 5.91 Å². The monoisotopic (exact) mass is 528 g/mol. The van der Waals surface area contributed by atoms with Gasteiger partial charge < -0.3 is 15.0 Å². The van der Waals surface area contributed by atoms with Gasteiger partial charge in [-0.05, 0) is 62.6 Å². The van der Waals surface area contributed by atoms with Crippen LogP contribution >= 0.6 is 39.1 Å². The van der Waals surface area contributed by atoms with E-state index in [1.807, 2.05) is 39.8 Å². The Hall–Kier alpha value is -1.76. The predicted octanol–water partition coefficient (Wildman–Crippen LogP) is 5.70. The third-order valence-corrected chi connectivity index (χ3v) is 6.86. The Labute approximate surface area is 202 Å². The quantitative estimate of drug-likeness (QED) is 0.453. The first kappa shape index (κ1) is 25.5. The van der Waals surface area contributed by atoms with E-state index < -0.39 is 6.04 Å². The summed E-state index contributed by atoms with van der Waals surface area (Å²) < 4.78 is 6.79. The zero-order valence-electron chi connectivity index (χ0n) is 18.1. The number of benzene rings is 2. The summed E-state index contributed by atoms with van der Waals surface area (Å²) in [5.74, 6) is 0.0394. The van der Waals surface area contributed by atoms with Crippen LogP contribution < -0.4 is 10.1 Å². The molecular weight excluding hydrogens is 503 g/mol. The largest absolute Gasteiger partial charge is 0.484 e. The van der Waals surface area contributed by atoms with Gasteiger partial charge in [0, 0.05) is 33.2 Å². The summed E-state index contributed by atoms with van der Waals surface area (Å²) in [5.41, 5.74) is 2.61. The molecule has 5 nitrogen and oxygen atoms in total. The van der Waals surface area contributed by atoms with Crippen molar-refractivity contribution in [3.8, 4) is 5.75 Å². The number of nitrogens with one attached hydrogen (secondary N) is 1. The number of hydrogen-bond donors (Lipinski definition) is 1. The van der Waals surface area contributed by atoms with E-state index in [4.69, 9.17) is 27.9 Å². The van der Waals surface area contributed by atoms with Gasteiger partial charge in [0.15, 0.2) is 6.61 Å². The molecule has 0 fully saturated rings. The van der Waals surface area contributed by atoms with Gasteiger partial charge in [-0.1, -0.05) is 52.1 Å². The predicted molar refractivity (Wildman–Crippen MR) is 129 cm³/mol. The minimum Gasteiger partial charge on any atom is -0.484 e. The second-order valence-electron chi connectivity index (χ2n) is 7.20. The average Bonchev–Trinajstić information content (AvgIpc) is 2.72. The van der Waals surface area contributed by atoms with E-state index in [2.05, 4.69) is 21.2 Å². The molecule has 0 aromatic heterocycles. The Balaban J connectivity index is 2.30. The van der Waals surface area contributed by atoms with Crippen LogP contribution in [0, 0.1) is 13.8 Å². The van der Waals surface area contributed by atoms with Crippen LogP contribution in [0.5, 0.6) is 5.75 Å². The van der Waals surface area contributed by atoms with Crippen molar-refractivity contribution in [3.63, 3.8) is 0 Å². The number of carbonyl (C=O) groups is 2. The minimum absolute atomic E-state index is 0.106. The maximum Gasteiger partial charge on any atom is 0.261 e. The fourth-order valence-corrected chi connectivity index (χ4v) is 4.03. The molecule has 2 amide bonds. The number of nitrogens with zero attached hydrogens (tertiary/aromatic N) is 1. The van der Waals surface area contributed by atoms with Crippen molar-refractivity contribution in [1.82, 2.24) is 10.2 Å². The lowest BCUT2D eigenvalue weighted by Crippen LogP contribution is -2.50. The lowest BCUT2D eigenvalue weighted by Gasteiger charge is -2.31. The number of halogens is 3. The summed E-state index contributed by atoms with van der Waals surface area (Å²) in [5, 5.41) is 3.68. The zero-order valence-corrected chi connectivity index (χ0v) is 21.2. The van der Waals surface area contributed by atoms with Crippen molar-refractivity contribution >= 4 is 50.9 Å². The number of aryl methyl sites for hydroxylation is 2. The Morgan fingerprint density at radius 1 is 1.13 bits per heavy atom. The van der Waals surface area contributed by atoms with Crippen molar-refractivity contribution in [1.29, 1.82) is 0 Å². The molecule has 2 rings (SSSR count). The fraction of sp³-hybridized carbons (Fsp3) is 0.391. The topological polar surface area (TPSA) is 58.6 Å². The minimum atomic E-state index is -0.670. The molecule has 1 N–H and O–H groups in total. The maximum atomic E-state index is 13.2. The summed E-state index contributed by atoms with van der Waals surface area (Å²) in [7, 11) is 0. The lowest BCUT2D eigenvalue weighted by atomic mass is 10.1. The van der Waals surface area contributed by atoms with Gasteiger partial charge in [0.2, 0.25) is 5.91 Å². The van der Waals surface area contributed by atoms with Crippen molar-refractivity contribution in [2.24, 2.45) is 0 Å². The highest BCUT2D eigenvalue weighted by atomic mass is 79.9. The van der Waals surface area contributed by atoms with E-state index in [9.17, 15) is 9.59 Å². The summed E-state index contributed by atoms with van der Waals surface area (Å²) in [4.78, 5) is 27.4. The molecule has 1 atom stereocenters. The summed E-state index contributed by atoms with van der Waals surface area (Å²) in [6, 6.07) is 8.21. The molecule has 0 aliphatic rings. The third kappa shape index (κ3) is 6.61. The van der Waals surface area contributed by atoms with Crippen LogP contribution in [-0.2, 0) is 16.1 Å². The van der Waals surface area contributed by atoms with Gasteiger partial charge >= 0.3 is 0 Å². The lowest BCUT2D eigenvalue weighted by molar-refractivity contribution is -0.142. The van der Waals surface area contributed by atoms with Crippen LogP contribution in [0.1, 0.15) is 37.0 Å². The Morgan fingerprint density at radius 2 is 1.71 bits per heavy atom. The van der Waals surface area contributed by atoms with Gasteiger partial charge in [0.05, 0.1) is 0 Å². The molecule has 168 valence electrons. The second-order valence-corrected chi connectivity index (χ2v) is 8.81. The van der Waals surface area contributed by atoms with Gasteiger partial charge in [0.1, 0.15) is 11.8 Å². The van der Waals surface area contributed by atoms with Crippen molar-refractivity contribution in [2.75, 3.05) is 13.2 Å². The van der Waals surface area contributed by atoms with Gasteiger partial charge in [-0.15, -0.1) is 0 Å². The molecule has 0 radical (unpaired) electrons. The van der Waals surface area contributed by atoms with Crippen molar-refractivity contribution in [2.45, 2.75) is 46.7 Å². The normalized spacial score (nSPS) is 11.7. The fourth-order valence-electron chi connectivity index (χ4n) is 3.28. The molecule has 0 aliphatic heterocycles. The van der Waals surface area contributed by atoms with Crippen LogP contribution in [0.2, 0.25) is 10.0 Å². The highest BCUT2D eigenvalue weighted by Gasteiger charge is 2.29. The summed E-state index contributed by atoms with van der Waals surface area (Å²) in [6.07, 6.45) is 0.441.